The highest BCUT2D eigenvalue weighted by Crippen LogP contribution is 2.08. The van der Waals surface area contributed by atoms with E-state index in [1.54, 1.807) is 32.9 Å². The van der Waals surface area contributed by atoms with Gasteiger partial charge in [0.1, 0.15) is 18.2 Å². The van der Waals surface area contributed by atoms with Crippen molar-refractivity contribution >= 4 is 23.9 Å². The zero-order valence-corrected chi connectivity index (χ0v) is 15.5. The number of alkyl carbamates (subject to hydrolysis) is 1. The lowest BCUT2D eigenvalue weighted by atomic mass is 10.1. The van der Waals surface area contributed by atoms with Crippen molar-refractivity contribution < 1.29 is 33.4 Å². The van der Waals surface area contributed by atoms with Crippen LogP contribution < -0.4 is 10.6 Å². The molecule has 0 aliphatic carbocycles. The number of carbonyl (C=O) groups is 4. The predicted octanol–water partition coefficient (Wildman–Crippen LogP) is 0.821. The molecule has 0 radical (unpaired) electrons. The van der Waals surface area contributed by atoms with Crippen molar-refractivity contribution in [2.24, 2.45) is 0 Å². The van der Waals surface area contributed by atoms with Gasteiger partial charge in [-0.15, -0.1) is 0 Å². The number of allylic oxidation sites excluding steroid dienone is 1. The van der Waals surface area contributed by atoms with Gasteiger partial charge in [0.15, 0.2) is 6.04 Å². The van der Waals surface area contributed by atoms with Crippen molar-refractivity contribution in [2.75, 3.05) is 13.7 Å². The normalized spacial score (nSPS) is 23.4. The van der Waals surface area contributed by atoms with Gasteiger partial charge in [-0.05, 0) is 33.6 Å². The number of cyclic esters (lactones) is 1. The average Bonchev–Trinajstić information content (AvgIpc) is 2.53. The molecule has 1 rings (SSSR count). The standard InChI is InChI=1S/C17H26N2O7/c1-17(2,3)26-16(23)19-11-8-6-5-7-9-13(20)25-10-12(15(22)24-4)18-14(11)21/h5-6,11-12H,7-10H2,1-4H3,(H,18,21)(H,19,23)/b6-5+/t11-,12-/m0/s1. The van der Waals surface area contributed by atoms with E-state index in [2.05, 4.69) is 15.4 Å². The van der Waals surface area contributed by atoms with Gasteiger partial charge < -0.3 is 24.8 Å². The Balaban J connectivity index is 2.90. The Labute approximate surface area is 152 Å². The van der Waals surface area contributed by atoms with E-state index in [4.69, 9.17) is 9.47 Å². The summed E-state index contributed by atoms with van der Waals surface area (Å²) in [4.78, 5) is 47.8. The number of nitrogens with one attached hydrogen (secondary N) is 2. The number of carbonyl (C=O) groups excluding carboxylic acids is 4. The van der Waals surface area contributed by atoms with Gasteiger partial charge in [0, 0.05) is 6.42 Å². The second-order valence-corrected chi connectivity index (χ2v) is 6.71. The first kappa shape index (κ1) is 21.5. The van der Waals surface area contributed by atoms with Crippen LogP contribution in [-0.4, -0.2) is 55.3 Å². The Morgan fingerprint density at radius 1 is 1.27 bits per heavy atom. The van der Waals surface area contributed by atoms with Crippen LogP contribution in [0.3, 0.4) is 0 Å². The van der Waals surface area contributed by atoms with Gasteiger partial charge >= 0.3 is 18.0 Å². The van der Waals surface area contributed by atoms with Crippen LogP contribution in [0.1, 0.15) is 40.0 Å². The van der Waals surface area contributed by atoms with Gasteiger partial charge in [-0.2, -0.15) is 0 Å². The summed E-state index contributed by atoms with van der Waals surface area (Å²) in [5, 5.41) is 4.91. The number of hydrogen-bond donors (Lipinski definition) is 2. The van der Waals surface area contributed by atoms with E-state index in [0.29, 0.717) is 6.42 Å². The summed E-state index contributed by atoms with van der Waals surface area (Å²) >= 11 is 0. The molecular formula is C17H26N2O7. The molecule has 1 heterocycles. The van der Waals surface area contributed by atoms with E-state index in [1.807, 2.05) is 0 Å². The molecular weight excluding hydrogens is 344 g/mol. The number of rotatable bonds is 2. The Bertz CT molecular complexity index is 566. The largest absolute Gasteiger partial charge is 0.467 e. The third-order valence-corrected chi connectivity index (χ3v) is 3.27. The molecule has 2 N–H and O–H groups in total. The van der Waals surface area contributed by atoms with Crippen LogP contribution in [-0.2, 0) is 28.6 Å². The third-order valence-electron chi connectivity index (χ3n) is 3.27. The molecule has 1 aliphatic heterocycles. The molecule has 0 bridgehead atoms. The van der Waals surface area contributed by atoms with E-state index in [-0.39, 0.29) is 19.4 Å². The van der Waals surface area contributed by atoms with Crippen molar-refractivity contribution in [2.45, 2.75) is 57.7 Å². The van der Waals surface area contributed by atoms with Gasteiger partial charge in [-0.25, -0.2) is 9.59 Å². The van der Waals surface area contributed by atoms with Crippen LogP contribution in [0.15, 0.2) is 12.2 Å². The first-order chi connectivity index (χ1) is 12.1. The van der Waals surface area contributed by atoms with Gasteiger partial charge in [0.25, 0.3) is 0 Å². The van der Waals surface area contributed by atoms with Crippen LogP contribution in [0.5, 0.6) is 0 Å². The fourth-order valence-corrected chi connectivity index (χ4v) is 2.06. The van der Waals surface area contributed by atoms with Crippen molar-refractivity contribution in [3.63, 3.8) is 0 Å². The summed E-state index contributed by atoms with van der Waals surface area (Å²) < 4.78 is 14.7. The third kappa shape index (κ3) is 8.00. The van der Waals surface area contributed by atoms with Crippen LogP contribution in [0.4, 0.5) is 4.79 Å². The highest BCUT2D eigenvalue weighted by atomic mass is 16.6. The van der Waals surface area contributed by atoms with Crippen LogP contribution in [0.2, 0.25) is 0 Å². The Kier molecular flexibility index (Phi) is 8.08. The Hall–Kier alpha value is -2.58. The Morgan fingerprint density at radius 2 is 1.96 bits per heavy atom. The number of amides is 2. The van der Waals surface area contributed by atoms with Crippen molar-refractivity contribution in [3.05, 3.63) is 12.2 Å². The molecule has 0 spiro atoms. The zero-order valence-electron chi connectivity index (χ0n) is 15.5. The van der Waals surface area contributed by atoms with E-state index < -0.39 is 41.6 Å². The second-order valence-electron chi connectivity index (χ2n) is 6.71. The van der Waals surface area contributed by atoms with Crippen molar-refractivity contribution in [1.82, 2.24) is 10.6 Å². The molecule has 0 aromatic carbocycles. The predicted molar refractivity (Wildman–Crippen MR) is 91.1 cm³/mol. The molecule has 146 valence electrons. The van der Waals surface area contributed by atoms with Crippen LogP contribution in [0.25, 0.3) is 0 Å². The lowest BCUT2D eigenvalue weighted by molar-refractivity contribution is -0.152. The number of hydrogen-bond acceptors (Lipinski definition) is 7. The Morgan fingerprint density at radius 3 is 2.58 bits per heavy atom. The lowest BCUT2D eigenvalue weighted by Gasteiger charge is -2.24. The average molecular weight is 370 g/mol. The summed E-state index contributed by atoms with van der Waals surface area (Å²) in [5.74, 6) is -1.86. The fourth-order valence-electron chi connectivity index (χ4n) is 2.06. The molecule has 2 atom stereocenters. The van der Waals surface area contributed by atoms with Crippen molar-refractivity contribution in [1.29, 1.82) is 0 Å². The molecule has 9 heteroatoms. The van der Waals surface area contributed by atoms with Gasteiger partial charge in [0.2, 0.25) is 5.91 Å². The molecule has 0 aromatic heterocycles. The number of methoxy groups -OCH3 is 1. The topological polar surface area (TPSA) is 120 Å². The first-order valence-electron chi connectivity index (χ1n) is 8.30. The second kappa shape index (κ2) is 9.79. The van der Waals surface area contributed by atoms with E-state index in [1.165, 1.54) is 0 Å². The molecule has 26 heavy (non-hydrogen) atoms. The minimum atomic E-state index is -1.16. The smallest absolute Gasteiger partial charge is 0.408 e. The molecule has 1 aliphatic rings. The summed E-state index contributed by atoms with van der Waals surface area (Å²) in [6, 6.07) is -2.12. The van der Waals surface area contributed by atoms with E-state index >= 15 is 0 Å². The maximum atomic E-state index is 12.5. The van der Waals surface area contributed by atoms with Crippen molar-refractivity contribution in [3.8, 4) is 0 Å². The lowest BCUT2D eigenvalue weighted by Crippen LogP contribution is -2.53. The minimum absolute atomic E-state index is 0.141. The quantitative estimate of drug-likeness (QED) is 0.419. The molecule has 0 fully saturated rings. The molecule has 9 nitrogen and oxygen atoms in total. The van der Waals surface area contributed by atoms with E-state index in [0.717, 1.165) is 7.11 Å². The highest BCUT2D eigenvalue weighted by Gasteiger charge is 2.29. The molecule has 2 amide bonds. The van der Waals surface area contributed by atoms with Crippen LogP contribution in [0, 0.1) is 0 Å². The van der Waals surface area contributed by atoms with Gasteiger partial charge in [-0.3, -0.25) is 9.59 Å². The molecule has 0 saturated heterocycles. The van der Waals surface area contributed by atoms with E-state index in [9.17, 15) is 19.2 Å². The fraction of sp³-hybridized carbons (Fsp3) is 0.647. The maximum Gasteiger partial charge on any atom is 0.408 e. The first-order valence-corrected chi connectivity index (χ1v) is 8.30. The summed E-state index contributed by atoms with van der Waals surface area (Å²) in [5.41, 5.74) is -0.718. The number of esters is 2. The maximum absolute atomic E-state index is 12.5. The highest BCUT2D eigenvalue weighted by molar-refractivity contribution is 5.90. The molecule has 0 unspecified atom stereocenters. The monoisotopic (exact) mass is 370 g/mol. The molecule has 0 aromatic rings. The van der Waals surface area contributed by atoms with Gasteiger partial charge in [-0.1, -0.05) is 12.2 Å². The van der Waals surface area contributed by atoms with Gasteiger partial charge in [0.05, 0.1) is 7.11 Å². The molecule has 0 saturated carbocycles. The minimum Gasteiger partial charge on any atom is -0.467 e. The zero-order chi connectivity index (χ0) is 19.7. The summed E-state index contributed by atoms with van der Waals surface area (Å²) in [7, 11) is 1.16. The number of ether oxygens (including phenoxy) is 3. The summed E-state index contributed by atoms with van der Waals surface area (Å²) in [6.45, 7) is 4.76. The summed E-state index contributed by atoms with van der Waals surface area (Å²) in [6.07, 6.45) is 3.37. The SMILES string of the molecule is COC(=O)[C@@H]1COC(=O)CC/C=C/C[C@H](NC(=O)OC(C)(C)C)C(=O)N1. The van der Waals surface area contributed by atoms with Crippen LogP contribution >= 0.6 is 0 Å².